The van der Waals surface area contributed by atoms with Gasteiger partial charge in [-0.15, -0.1) is 0 Å². The molecule has 1 amide bonds. The molecule has 0 saturated carbocycles. The number of hydrazone groups is 1. The lowest BCUT2D eigenvalue weighted by atomic mass is 10.1. The number of amides is 1. The van der Waals surface area contributed by atoms with Crippen molar-refractivity contribution in [2.24, 2.45) is 5.10 Å². The number of pyridine rings is 1. The molecule has 100 valence electrons. The van der Waals surface area contributed by atoms with E-state index in [1.165, 1.54) is 10.6 Å². The molecule has 2 aromatic rings. The van der Waals surface area contributed by atoms with Crippen molar-refractivity contribution >= 4 is 11.6 Å². The van der Waals surface area contributed by atoms with Gasteiger partial charge in [0.2, 0.25) is 0 Å². The minimum Gasteiger partial charge on any atom is -0.267 e. The number of rotatable bonds is 2. The van der Waals surface area contributed by atoms with Gasteiger partial charge in [-0.25, -0.2) is 5.01 Å². The predicted octanol–water partition coefficient (Wildman–Crippen LogP) is 2.64. The van der Waals surface area contributed by atoms with Gasteiger partial charge in [0.25, 0.3) is 5.91 Å². The first kappa shape index (κ1) is 12.5. The third kappa shape index (κ3) is 2.45. The Kier molecular flexibility index (Phi) is 3.29. The topological polar surface area (TPSA) is 45.6 Å². The first-order chi connectivity index (χ1) is 9.74. The summed E-state index contributed by atoms with van der Waals surface area (Å²) in [5, 5.41) is 5.97. The average molecular weight is 265 g/mol. The van der Waals surface area contributed by atoms with Gasteiger partial charge in [0.05, 0.1) is 17.8 Å². The number of hydrogen-bond acceptors (Lipinski definition) is 3. The van der Waals surface area contributed by atoms with E-state index >= 15 is 0 Å². The van der Waals surface area contributed by atoms with E-state index in [-0.39, 0.29) is 5.91 Å². The number of aromatic nitrogens is 1. The minimum atomic E-state index is -0.0965. The molecule has 1 aliphatic rings. The van der Waals surface area contributed by atoms with Gasteiger partial charge in [0, 0.05) is 18.8 Å². The van der Waals surface area contributed by atoms with Crippen molar-refractivity contribution < 1.29 is 4.79 Å². The molecule has 0 atom stereocenters. The second kappa shape index (κ2) is 5.25. The van der Waals surface area contributed by atoms with Crippen LogP contribution in [0.3, 0.4) is 0 Å². The Bertz CT molecular complexity index is 664. The monoisotopic (exact) mass is 265 g/mol. The predicted molar refractivity (Wildman–Crippen MR) is 77.6 cm³/mol. The van der Waals surface area contributed by atoms with Gasteiger partial charge in [0.1, 0.15) is 0 Å². The number of aryl methyl sites for hydroxylation is 1. The number of carbonyl (C=O) groups is 1. The van der Waals surface area contributed by atoms with Crippen LogP contribution in [0.25, 0.3) is 0 Å². The summed E-state index contributed by atoms with van der Waals surface area (Å²) in [7, 11) is 0. The van der Waals surface area contributed by atoms with Gasteiger partial charge >= 0.3 is 0 Å². The third-order valence-corrected chi connectivity index (χ3v) is 3.30. The molecule has 0 bridgehead atoms. The lowest BCUT2D eigenvalue weighted by Gasteiger charge is -2.10. The number of hydrogen-bond donors (Lipinski definition) is 0. The molecule has 2 heterocycles. The van der Waals surface area contributed by atoms with Crippen LogP contribution in [0, 0.1) is 6.92 Å². The molecule has 0 unspecified atom stereocenters. The molecule has 0 fully saturated rings. The lowest BCUT2D eigenvalue weighted by Crippen LogP contribution is -2.23. The average Bonchev–Trinajstić information content (AvgIpc) is 2.97. The summed E-state index contributed by atoms with van der Waals surface area (Å²) in [5.74, 6) is -0.0965. The first-order valence-corrected chi connectivity index (χ1v) is 6.60. The van der Waals surface area contributed by atoms with Gasteiger partial charge in [-0.3, -0.25) is 9.78 Å². The van der Waals surface area contributed by atoms with Crippen LogP contribution in [0.15, 0.2) is 53.9 Å². The summed E-state index contributed by atoms with van der Waals surface area (Å²) in [6.45, 7) is 2.68. The maximum Gasteiger partial charge on any atom is 0.275 e. The largest absolute Gasteiger partial charge is 0.275 e. The van der Waals surface area contributed by atoms with Crippen LogP contribution in [-0.2, 0) is 0 Å². The van der Waals surface area contributed by atoms with Crippen LogP contribution in [-0.4, -0.2) is 28.2 Å². The Morgan fingerprint density at radius 2 is 2.15 bits per heavy atom. The quantitative estimate of drug-likeness (QED) is 0.838. The van der Waals surface area contributed by atoms with Crippen LogP contribution in [0.4, 0.5) is 0 Å². The highest BCUT2D eigenvalue weighted by Crippen LogP contribution is 2.17. The fraction of sp³-hybridized carbons (Fsp3) is 0.188. The molecule has 4 heteroatoms. The van der Waals surface area contributed by atoms with Crippen molar-refractivity contribution in [1.82, 2.24) is 9.99 Å². The Hall–Kier alpha value is -2.49. The fourth-order valence-electron chi connectivity index (χ4n) is 2.27. The van der Waals surface area contributed by atoms with Crippen molar-refractivity contribution in [3.63, 3.8) is 0 Å². The van der Waals surface area contributed by atoms with E-state index in [0.717, 1.165) is 17.7 Å². The van der Waals surface area contributed by atoms with Gasteiger partial charge in [0.15, 0.2) is 0 Å². The van der Waals surface area contributed by atoms with Crippen LogP contribution < -0.4 is 0 Å². The molecule has 0 saturated heterocycles. The summed E-state index contributed by atoms with van der Waals surface area (Å²) in [6.07, 6.45) is 4.01. The van der Waals surface area contributed by atoms with Gasteiger partial charge in [-0.05, 0) is 24.6 Å². The summed E-state index contributed by atoms with van der Waals surface area (Å²) in [5.41, 5.74) is 3.82. The van der Waals surface area contributed by atoms with Gasteiger partial charge in [-0.2, -0.15) is 5.10 Å². The summed E-state index contributed by atoms with van der Waals surface area (Å²) >= 11 is 0. The van der Waals surface area contributed by atoms with Crippen LogP contribution in [0.1, 0.15) is 27.9 Å². The van der Waals surface area contributed by atoms with Crippen molar-refractivity contribution in [3.05, 3.63) is 65.5 Å². The zero-order chi connectivity index (χ0) is 13.9. The number of benzene rings is 1. The van der Waals surface area contributed by atoms with Crippen molar-refractivity contribution in [1.29, 1.82) is 0 Å². The van der Waals surface area contributed by atoms with Gasteiger partial charge in [-0.1, -0.05) is 29.8 Å². The summed E-state index contributed by atoms with van der Waals surface area (Å²) in [6, 6.07) is 11.7. The highest BCUT2D eigenvalue weighted by Gasteiger charge is 2.22. The fourth-order valence-corrected chi connectivity index (χ4v) is 2.27. The zero-order valence-electron chi connectivity index (χ0n) is 11.3. The zero-order valence-corrected chi connectivity index (χ0v) is 11.3. The molecule has 0 radical (unpaired) electrons. The molecule has 3 rings (SSSR count). The Balaban J connectivity index is 1.83. The third-order valence-electron chi connectivity index (χ3n) is 3.30. The van der Waals surface area contributed by atoms with Crippen LogP contribution in [0.2, 0.25) is 0 Å². The maximum absolute atomic E-state index is 12.3. The van der Waals surface area contributed by atoms with Crippen molar-refractivity contribution in [2.45, 2.75) is 13.3 Å². The smallest absolute Gasteiger partial charge is 0.267 e. The van der Waals surface area contributed by atoms with E-state index in [0.29, 0.717) is 12.1 Å². The van der Waals surface area contributed by atoms with E-state index in [4.69, 9.17) is 0 Å². The van der Waals surface area contributed by atoms with E-state index in [1.54, 1.807) is 24.5 Å². The minimum absolute atomic E-state index is 0.0965. The molecule has 1 aromatic heterocycles. The molecule has 4 nitrogen and oxygen atoms in total. The standard InChI is InChI=1S/C16H15N3O/c1-12-4-2-5-13(10-12)15-7-9-19(18-15)16(20)14-6-3-8-17-11-14/h2-6,8,10-11H,7,9H2,1H3. The van der Waals surface area contributed by atoms with E-state index < -0.39 is 0 Å². The second-order valence-corrected chi connectivity index (χ2v) is 4.84. The SMILES string of the molecule is Cc1cccc(C2=NN(C(=O)c3cccnc3)CC2)c1. The highest BCUT2D eigenvalue weighted by molar-refractivity contribution is 6.04. The second-order valence-electron chi connectivity index (χ2n) is 4.84. The maximum atomic E-state index is 12.3. The first-order valence-electron chi connectivity index (χ1n) is 6.60. The normalized spacial score (nSPS) is 14.2. The lowest BCUT2D eigenvalue weighted by molar-refractivity contribution is 0.0778. The van der Waals surface area contributed by atoms with Crippen LogP contribution >= 0.6 is 0 Å². The summed E-state index contributed by atoms with van der Waals surface area (Å²) < 4.78 is 0. The molecule has 1 aliphatic heterocycles. The van der Waals surface area contributed by atoms with Gasteiger partial charge < -0.3 is 0 Å². The number of nitrogens with zero attached hydrogens (tertiary/aromatic N) is 3. The highest BCUT2D eigenvalue weighted by atomic mass is 16.2. The van der Waals surface area contributed by atoms with Crippen LogP contribution in [0.5, 0.6) is 0 Å². The molecular formula is C16H15N3O. The van der Waals surface area contributed by atoms with E-state index in [9.17, 15) is 4.79 Å². The molecule has 0 aliphatic carbocycles. The Morgan fingerprint density at radius 3 is 2.90 bits per heavy atom. The molecule has 1 aromatic carbocycles. The molecule has 20 heavy (non-hydrogen) atoms. The number of carbonyl (C=O) groups excluding carboxylic acids is 1. The van der Waals surface area contributed by atoms with E-state index in [2.05, 4.69) is 29.1 Å². The summed E-state index contributed by atoms with van der Waals surface area (Å²) in [4.78, 5) is 16.2. The Morgan fingerprint density at radius 1 is 1.25 bits per heavy atom. The molecular weight excluding hydrogens is 250 g/mol. The molecule has 0 N–H and O–H groups in total. The van der Waals surface area contributed by atoms with E-state index in [1.807, 2.05) is 12.1 Å². The molecule has 0 spiro atoms. The van der Waals surface area contributed by atoms with Crippen molar-refractivity contribution in [2.75, 3.05) is 6.54 Å². The van der Waals surface area contributed by atoms with Crippen molar-refractivity contribution in [3.8, 4) is 0 Å². The Labute approximate surface area is 117 Å².